The second-order valence-corrected chi connectivity index (χ2v) is 15.1. The molecule has 3 fully saturated rings. The van der Waals surface area contributed by atoms with Crippen molar-refractivity contribution in [1.29, 1.82) is 0 Å². The van der Waals surface area contributed by atoms with E-state index >= 15 is 4.39 Å². The summed E-state index contributed by atoms with van der Waals surface area (Å²) in [6, 6.07) is 15.4. The van der Waals surface area contributed by atoms with Gasteiger partial charge in [-0.1, -0.05) is 66.4 Å². The number of pyridine rings is 2. The molecule has 2 aromatic carbocycles. The first-order valence-corrected chi connectivity index (χ1v) is 18.9. The van der Waals surface area contributed by atoms with Crippen LogP contribution in [0.3, 0.4) is 0 Å². The maximum absolute atomic E-state index is 15.7. The SMILES string of the molecule is O=C(Nc1cccc(-c2cccc(/C=C(\F)c3cc4c(cn3)CN(C3CCC3)CC4)c2Cl)c1Cl)c1cc(C2CC2)c(CN2CCCCC2)cn1. The Morgan fingerprint density at radius 3 is 2.38 bits per heavy atom. The van der Waals surface area contributed by atoms with Crippen molar-refractivity contribution in [3.63, 3.8) is 0 Å². The van der Waals surface area contributed by atoms with E-state index < -0.39 is 5.83 Å². The topological polar surface area (TPSA) is 61.4 Å². The predicted octanol–water partition coefficient (Wildman–Crippen LogP) is 9.94. The number of aromatic nitrogens is 2. The highest BCUT2D eigenvalue weighted by Crippen LogP contribution is 2.43. The van der Waals surface area contributed by atoms with Crippen molar-refractivity contribution in [2.24, 2.45) is 0 Å². The lowest BCUT2D eigenvalue weighted by Gasteiger charge is -2.40. The van der Waals surface area contributed by atoms with Gasteiger partial charge in [-0.25, -0.2) is 4.39 Å². The van der Waals surface area contributed by atoms with E-state index in [4.69, 9.17) is 23.2 Å². The van der Waals surface area contributed by atoms with E-state index in [0.717, 1.165) is 57.5 Å². The molecule has 2 aliphatic heterocycles. The maximum Gasteiger partial charge on any atom is 0.274 e. The summed E-state index contributed by atoms with van der Waals surface area (Å²) in [5, 5.41) is 3.69. The van der Waals surface area contributed by atoms with Gasteiger partial charge in [-0.05, 0) is 116 Å². The van der Waals surface area contributed by atoms with E-state index in [1.807, 2.05) is 48.8 Å². The minimum atomic E-state index is -0.444. The van der Waals surface area contributed by atoms with Gasteiger partial charge in [0, 0.05) is 49.2 Å². The lowest BCUT2D eigenvalue weighted by molar-refractivity contribution is 0.102. The molecule has 1 saturated heterocycles. The number of nitrogens with one attached hydrogen (secondary N) is 1. The van der Waals surface area contributed by atoms with Crippen LogP contribution in [0.15, 0.2) is 60.9 Å². The van der Waals surface area contributed by atoms with Crippen molar-refractivity contribution in [3.8, 4) is 11.1 Å². The highest BCUT2D eigenvalue weighted by molar-refractivity contribution is 6.39. The average Bonchev–Trinajstić information content (AvgIpc) is 3.96. The molecule has 9 heteroatoms. The Labute approximate surface area is 303 Å². The molecule has 0 unspecified atom stereocenters. The molecular formula is C41H42Cl2FN5O. The van der Waals surface area contributed by atoms with E-state index in [2.05, 4.69) is 25.1 Å². The summed E-state index contributed by atoms with van der Waals surface area (Å²) < 4.78 is 15.7. The Morgan fingerprint density at radius 1 is 0.860 bits per heavy atom. The summed E-state index contributed by atoms with van der Waals surface area (Å²) in [4.78, 5) is 27.6. The molecule has 0 bridgehead atoms. The van der Waals surface area contributed by atoms with Gasteiger partial charge in [-0.15, -0.1) is 0 Å². The Morgan fingerprint density at radius 2 is 1.62 bits per heavy atom. The van der Waals surface area contributed by atoms with Crippen LogP contribution in [0.25, 0.3) is 23.0 Å². The van der Waals surface area contributed by atoms with Crippen molar-refractivity contribution in [2.75, 3.05) is 25.0 Å². The zero-order valence-electron chi connectivity index (χ0n) is 28.2. The van der Waals surface area contributed by atoms with Gasteiger partial charge in [0.05, 0.1) is 21.4 Å². The van der Waals surface area contributed by atoms with Crippen molar-refractivity contribution in [1.82, 2.24) is 19.8 Å². The molecule has 4 heterocycles. The Bertz CT molecular complexity index is 1950. The fourth-order valence-corrected chi connectivity index (χ4v) is 8.20. The Kier molecular flexibility index (Phi) is 9.75. The molecule has 1 amide bonds. The summed E-state index contributed by atoms with van der Waals surface area (Å²) in [7, 11) is 0. The van der Waals surface area contributed by atoms with Crippen LogP contribution in [0.1, 0.15) is 101 Å². The highest BCUT2D eigenvalue weighted by atomic mass is 35.5. The molecule has 50 heavy (non-hydrogen) atoms. The summed E-state index contributed by atoms with van der Waals surface area (Å²) in [6.07, 6.45) is 16.0. The zero-order valence-corrected chi connectivity index (χ0v) is 29.7. The number of benzene rings is 2. The number of carbonyl (C=O) groups is 1. The number of piperidine rings is 1. The molecule has 0 atom stereocenters. The lowest BCUT2D eigenvalue weighted by Crippen LogP contribution is -2.43. The van der Waals surface area contributed by atoms with E-state index in [1.54, 1.807) is 12.1 Å². The third kappa shape index (κ3) is 7.11. The second-order valence-electron chi connectivity index (χ2n) is 14.3. The molecule has 6 nitrogen and oxygen atoms in total. The minimum absolute atomic E-state index is 0.308. The maximum atomic E-state index is 15.7. The molecule has 2 aliphatic carbocycles. The second kappa shape index (κ2) is 14.5. The first kappa shape index (κ1) is 33.5. The Hall–Kier alpha value is -3.62. The van der Waals surface area contributed by atoms with E-state index in [0.29, 0.717) is 55.8 Å². The van der Waals surface area contributed by atoms with E-state index in [-0.39, 0.29) is 5.91 Å². The third-order valence-corrected chi connectivity index (χ3v) is 11.8. The quantitative estimate of drug-likeness (QED) is 0.187. The van der Waals surface area contributed by atoms with Crippen LogP contribution in [0, 0.1) is 0 Å². The standard InChI is InChI=1S/C41H42Cl2FN5O/c42-39-28(19-35(44)37-20-27-15-18-49(31-8-5-9-31)25-29(27)22-45-37)7-4-10-32(39)33-11-6-12-36(40(33)43)47-41(50)38-21-34(26-13-14-26)30(23-46-38)24-48-16-2-1-3-17-48/h4,6-7,10-12,19-23,26,31H,1-3,5,8-9,13-18,24-25H2,(H,47,50)/b35-19-. The van der Waals surface area contributed by atoms with Gasteiger partial charge in [0.25, 0.3) is 5.91 Å². The van der Waals surface area contributed by atoms with Gasteiger partial charge in [-0.2, -0.15) is 0 Å². The van der Waals surface area contributed by atoms with Gasteiger partial charge < -0.3 is 5.32 Å². The van der Waals surface area contributed by atoms with Gasteiger partial charge in [-0.3, -0.25) is 24.6 Å². The summed E-state index contributed by atoms with van der Waals surface area (Å²) in [6.45, 7) is 5.01. The molecular weight excluding hydrogens is 668 g/mol. The van der Waals surface area contributed by atoms with E-state index in [9.17, 15) is 4.79 Å². The summed E-state index contributed by atoms with van der Waals surface area (Å²) >= 11 is 13.9. The highest BCUT2D eigenvalue weighted by Gasteiger charge is 2.30. The fourth-order valence-electron chi connectivity index (χ4n) is 7.65. The molecule has 8 rings (SSSR count). The number of fused-ring (bicyclic) bond motifs is 1. The molecule has 2 saturated carbocycles. The van der Waals surface area contributed by atoms with Gasteiger partial charge in [0.1, 0.15) is 11.5 Å². The number of likely N-dealkylation sites (tertiary alicyclic amines) is 1. The van der Waals surface area contributed by atoms with Crippen LogP contribution in [-0.4, -0.2) is 51.4 Å². The zero-order chi connectivity index (χ0) is 34.2. The lowest BCUT2D eigenvalue weighted by atomic mass is 9.89. The molecule has 258 valence electrons. The molecule has 4 aromatic rings. The average molecular weight is 711 g/mol. The smallest absolute Gasteiger partial charge is 0.274 e. The van der Waals surface area contributed by atoms with Crippen LogP contribution in [0.4, 0.5) is 10.1 Å². The third-order valence-electron chi connectivity index (χ3n) is 10.9. The van der Waals surface area contributed by atoms with Gasteiger partial charge in [0.15, 0.2) is 0 Å². The monoisotopic (exact) mass is 709 g/mol. The van der Waals surface area contributed by atoms with Crippen molar-refractivity contribution < 1.29 is 9.18 Å². The van der Waals surface area contributed by atoms with Gasteiger partial charge >= 0.3 is 0 Å². The number of carbonyl (C=O) groups excluding carboxylic acids is 1. The number of amides is 1. The normalized spacial score (nSPS) is 18.8. The number of hydrogen-bond donors (Lipinski definition) is 1. The molecule has 0 radical (unpaired) electrons. The van der Waals surface area contributed by atoms with Crippen molar-refractivity contribution >= 4 is 46.7 Å². The number of anilines is 1. The predicted molar refractivity (Wildman–Crippen MR) is 200 cm³/mol. The number of nitrogens with zero attached hydrogens (tertiary/aromatic N) is 4. The van der Waals surface area contributed by atoms with Crippen LogP contribution < -0.4 is 5.32 Å². The Balaban J connectivity index is 0.998. The number of hydrogen-bond acceptors (Lipinski definition) is 5. The fraction of sp³-hybridized carbons (Fsp3) is 0.390. The molecule has 4 aliphatic rings. The first-order valence-electron chi connectivity index (χ1n) is 18.1. The molecule has 1 N–H and O–H groups in total. The summed E-state index contributed by atoms with van der Waals surface area (Å²) in [5.41, 5.74) is 7.74. The van der Waals surface area contributed by atoms with Crippen LogP contribution in [0.2, 0.25) is 10.0 Å². The number of rotatable bonds is 9. The summed E-state index contributed by atoms with van der Waals surface area (Å²) in [5.74, 6) is -0.260. The molecule has 0 spiro atoms. The number of halogens is 3. The van der Waals surface area contributed by atoms with Crippen LogP contribution >= 0.6 is 23.2 Å². The van der Waals surface area contributed by atoms with Gasteiger partial charge in [0.2, 0.25) is 0 Å². The van der Waals surface area contributed by atoms with Crippen molar-refractivity contribution in [2.45, 2.75) is 82.8 Å². The minimum Gasteiger partial charge on any atom is -0.319 e. The van der Waals surface area contributed by atoms with E-state index in [1.165, 1.54) is 61.3 Å². The van der Waals surface area contributed by atoms with Crippen molar-refractivity contribution in [3.05, 3.63) is 110 Å². The largest absolute Gasteiger partial charge is 0.319 e. The molecule has 2 aromatic heterocycles. The first-order chi connectivity index (χ1) is 24.4. The van der Waals surface area contributed by atoms with Crippen LogP contribution in [-0.2, 0) is 19.5 Å². The van der Waals surface area contributed by atoms with Crippen LogP contribution in [0.5, 0.6) is 0 Å².